The number of ether oxygens (including phenoxy) is 2. The highest BCUT2D eigenvalue weighted by Gasteiger charge is 2.11. The summed E-state index contributed by atoms with van der Waals surface area (Å²) in [5.74, 6) is 1.24. The van der Waals surface area contributed by atoms with E-state index in [9.17, 15) is 9.59 Å². The van der Waals surface area contributed by atoms with Crippen LogP contribution >= 0.6 is 0 Å². The Morgan fingerprint density at radius 3 is 2.56 bits per heavy atom. The average molecular weight is 511 g/mol. The molecule has 0 saturated heterocycles. The molecule has 1 amide bonds. The number of hydrogen-bond donors (Lipinski definition) is 1. The SMILES string of the molecule is CCCN(CCCOc1ccc2c(=O)c3ccccc3oc2c1)Cc1cccc(OC(=O)[NH2+]C)c1.[Cl-]. The van der Waals surface area contributed by atoms with Crippen molar-refractivity contribution in [1.29, 1.82) is 0 Å². The third-order valence-electron chi connectivity index (χ3n) is 5.74. The second-order valence-electron chi connectivity index (χ2n) is 8.42. The lowest BCUT2D eigenvalue weighted by atomic mass is 10.1. The van der Waals surface area contributed by atoms with Crippen LogP contribution in [0.1, 0.15) is 25.3 Å². The number of primary amides is 1. The smallest absolute Gasteiger partial charge is 0.517 e. The lowest BCUT2D eigenvalue weighted by Gasteiger charge is -2.22. The van der Waals surface area contributed by atoms with E-state index in [1.165, 1.54) is 5.32 Å². The van der Waals surface area contributed by atoms with Crippen LogP contribution in [0.5, 0.6) is 11.5 Å². The second-order valence-corrected chi connectivity index (χ2v) is 8.42. The zero-order chi connectivity index (χ0) is 24.6. The minimum absolute atomic E-state index is 0. The fraction of sp³-hybridized carbons (Fsp3) is 0.286. The molecule has 3 aromatic carbocycles. The maximum atomic E-state index is 12.7. The normalized spacial score (nSPS) is 11.0. The van der Waals surface area contributed by atoms with Crippen molar-refractivity contribution in [2.45, 2.75) is 26.3 Å². The Morgan fingerprint density at radius 1 is 0.944 bits per heavy atom. The van der Waals surface area contributed by atoms with Crippen LogP contribution in [0.2, 0.25) is 0 Å². The number of fused-ring (bicyclic) bond motifs is 2. The fourth-order valence-electron chi connectivity index (χ4n) is 4.08. The van der Waals surface area contributed by atoms with E-state index in [1.807, 2.05) is 36.4 Å². The van der Waals surface area contributed by atoms with Gasteiger partial charge < -0.3 is 26.3 Å². The lowest BCUT2D eigenvalue weighted by Crippen LogP contribution is -3.00. The number of benzene rings is 3. The van der Waals surface area contributed by atoms with Gasteiger partial charge in [0.1, 0.15) is 22.7 Å². The van der Waals surface area contributed by atoms with Crippen LogP contribution < -0.4 is 32.6 Å². The Hall–Kier alpha value is -3.39. The third kappa shape index (κ3) is 6.85. The molecule has 7 nitrogen and oxygen atoms in total. The van der Waals surface area contributed by atoms with Crippen LogP contribution in [0.25, 0.3) is 21.9 Å². The van der Waals surface area contributed by atoms with Gasteiger partial charge in [0.15, 0.2) is 0 Å². The summed E-state index contributed by atoms with van der Waals surface area (Å²) in [7, 11) is 1.66. The van der Waals surface area contributed by atoms with E-state index < -0.39 is 0 Å². The van der Waals surface area contributed by atoms with Crippen molar-refractivity contribution in [2.75, 3.05) is 26.7 Å². The van der Waals surface area contributed by atoms with Gasteiger partial charge in [0.25, 0.3) is 0 Å². The summed E-state index contributed by atoms with van der Waals surface area (Å²) in [6, 6.07) is 20.3. The van der Waals surface area contributed by atoms with Crippen molar-refractivity contribution >= 4 is 28.0 Å². The maximum absolute atomic E-state index is 12.7. The first-order valence-electron chi connectivity index (χ1n) is 12.0. The van der Waals surface area contributed by atoms with Crippen molar-refractivity contribution in [3.05, 3.63) is 82.5 Å². The van der Waals surface area contributed by atoms with Gasteiger partial charge in [-0.3, -0.25) is 9.69 Å². The molecule has 0 radical (unpaired) electrons. The van der Waals surface area contributed by atoms with Crippen LogP contribution in [0.4, 0.5) is 4.79 Å². The first-order chi connectivity index (χ1) is 17.1. The number of hydrogen-bond acceptors (Lipinski definition) is 6. The number of nitrogens with two attached hydrogens (primary N) is 1. The Morgan fingerprint density at radius 2 is 1.75 bits per heavy atom. The summed E-state index contributed by atoms with van der Waals surface area (Å²) in [5, 5.41) is 2.54. The van der Waals surface area contributed by atoms with E-state index in [1.54, 1.807) is 37.4 Å². The molecular weight excluding hydrogens is 480 g/mol. The number of amides is 1. The molecule has 4 aromatic rings. The van der Waals surface area contributed by atoms with Crippen LogP contribution in [0.3, 0.4) is 0 Å². The van der Waals surface area contributed by atoms with E-state index in [0.717, 1.165) is 38.0 Å². The Bertz CT molecular complexity index is 1370. The Kier molecular flexibility index (Phi) is 9.87. The quantitative estimate of drug-likeness (QED) is 0.256. The lowest BCUT2D eigenvalue weighted by molar-refractivity contribution is -0.535. The molecule has 1 heterocycles. The number of nitrogens with zero attached hydrogens (tertiary/aromatic N) is 1. The minimum atomic E-state index is -0.356. The molecule has 0 aliphatic heterocycles. The summed E-state index contributed by atoms with van der Waals surface area (Å²) in [6.07, 6.45) is 1.53. The highest BCUT2D eigenvalue weighted by Crippen LogP contribution is 2.23. The zero-order valence-electron chi connectivity index (χ0n) is 20.5. The highest BCUT2D eigenvalue weighted by atomic mass is 35.5. The number of carbonyl (C=O) groups excluding carboxylic acids is 1. The van der Waals surface area contributed by atoms with Gasteiger partial charge in [0.05, 0.1) is 24.4 Å². The largest absolute Gasteiger partial charge is 1.00 e. The predicted molar refractivity (Wildman–Crippen MR) is 136 cm³/mol. The van der Waals surface area contributed by atoms with Crippen molar-refractivity contribution in [2.24, 2.45) is 0 Å². The molecule has 4 rings (SSSR count). The molecule has 0 bridgehead atoms. The number of rotatable bonds is 10. The van der Waals surface area contributed by atoms with E-state index in [0.29, 0.717) is 40.0 Å². The molecule has 0 aliphatic rings. The van der Waals surface area contributed by atoms with Gasteiger partial charge in [-0.25, -0.2) is 5.32 Å². The van der Waals surface area contributed by atoms with Crippen LogP contribution in [-0.4, -0.2) is 37.7 Å². The topological polar surface area (TPSA) is 85.6 Å². The predicted octanol–water partition coefficient (Wildman–Crippen LogP) is 1.32. The number of para-hydroxylation sites is 1. The fourth-order valence-corrected chi connectivity index (χ4v) is 4.08. The monoisotopic (exact) mass is 510 g/mol. The summed E-state index contributed by atoms with van der Waals surface area (Å²) in [4.78, 5) is 26.6. The van der Waals surface area contributed by atoms with Crippen LogP contribution in [-0.2, 0) is 6.54 Å². The zero-order valence-corrected chi connectivity index (χ0v) is 21.3. The molecule has 0 aliphatic carbocycles. The number of quaternary nitrogens is 1. The highest BCUT2D eigenvalue weighted by molar-refractivity contribution is 5.90. The number of carbonyl (C=O) groups is 1. The second kappa shape index (κ2) is 13.1. The van der Waals surface area contributed by atoms with Crippen molar-refractivity contribution in [3.63, 3.8) is 0 Å². The van der Waals surface area contributed by atoms with Crippen molar-refractivity contribution < 1.29 is 36.4 Å². The molecule has 8 heteroatoms. The van der Waals surface area contributed by atoms with Gasteiger partial charge in [0, 0.05) is 19.2 Å². The number of halogens is 1. The van der Waals surface area contributed by atoms with Gasteiger partial charge >= 0.3 is 6.09 Å². The summed E-state index contributed by atoms with van der Waals surface area (Å²) in [6.45, 7) is 5.30. The molecule has 0 fully saturated rings. The van der Waals surface area contributed by atoms with Crippen molar-refractivity contribution in [1.82, 2.24) is 4.90 Å². The third-order valence-corrected chi connectivity index (χ3v) is 5.74. The molecule has 2 N–H and O–H groups in total. The maximum Gasteiger partial charge on any atom is 0.517 e. The first-order valence-corrected chi connectivity index (χ1v) is 12.0. The van der Waals surface area contributed by atoms with Gasteiger partial charge in [-0.05, 0) is 61.3 Å². The molecule has 0 atom stereocenters. The molecular formula is C28H31ClN2O5. The first kappa shape index (κ1) is 27.2. The molecule has 1 aromatic heterocycles. The summed E-state index contributed by atoms with van der Waals surface area (Å²) >= 11 is 0. The Labute approximate surface area is 216 Å². The van der Waals surface area contributed by atoms with Gasteiger partial charge in [-0.15, -0.1) is 0 Å². The van der Waals surface area contributed by atoms with Gasteiger partial charge in [-0.1, -0.05) is 31.2 Å². The standard InChI is InChI=1S/C28H30N2O5.ClH/c1-3-14-30(19-20-8-6-9-22(17-20)34-28(32)29-2)15-7-16-33-21-12-13-24-26(18-21)35-25-11-5-4-10-23(25)27(24)31;/h4-6,8-13,17-18H,3,7,14-16,19H2,1-2H3,(H,29,32);1H. The molecule has 190 valence electrons. The van der Waals surface area contributed by atoms with E-state index in [-0.39, 0.29) is 23.9 Å². The van der Waals surface area contributed by atoms with Crippen LogP contribution in [0, 0.1) is 0 Å². The van der Waals surface area contributed by atoms with E-state index in [4.69, 9.17) is 13.9 Å². The minimum Gasteiger partial charge on any atom is -1.00 e. The van der Waals surface area contributed by atoms with Gasteiger partial charge in [0.2, 0.25) is 5.43 Å². The van der Waals surface area contributed by atoms with E-state index >= 15 is 0 Å². The van der Waals surface area contributed by atoms with Crippen LogP contribution in [0.15, 0.2) is 75.9 Å². The molecule has 0 unspecified atom stereocenters. The summed E-state index contributed by atoms with van der Waals surface area (Å²) in [5.41, 5.74) is 2.16. The average Bonchev–Trinajstić information content (AvgIpc) is 2.87. The molecule has 0 saturated carbocycles. The molecule has 36 heavy (non-hydrogen) atoms. The van der Waals surface area contributed by atoms with Crippen molar-refractivity contribution in [3.8, 4) is 11.5 Å². The van der Waals surface area contributed by atoms with E-state index in [2.05, 4.69) is 11.8 Å². The van der Waals surface area contributed by atoms with Gasteiger partial charge in [-0.2, -0.15) is 4.79 Å². The summed E-state index contributed by atoms with van der Waals surface area (Å²) < 4.78 is 17.2. The Balaban J connectivity index is 0.00000361. The molecule has 0 spiro atoms.